The number of carboxylic acid groups (broad SMARTS) is 1. The minimum atomic E-state index is -4.67. The molecule has 0 aliphatic heterocycles. The molecule has 0 heterocycles. The molecule has 2 rings (SSSR count). The van der Waals surface area contributed by atoms with E-state index in [-0.39, 0.29) is 11.3 Å². The molecular formula is C18H16F6O3. The van der Waals surface area contributed by atoms with Crippen molar-refractivity contribution >= 4 is 5.97 Å². The summed E-state index contributed by atoms with van der Waals surface area (Å²) in [5.41, 5.74) is -2.32. The minimum Gasteiger partial charge on any atom is -0.478 e. The number of aliphatic carboxylic acids is 1. The van der Waals surface area contributed by atoms with Crippen LogP contribution in [0.5, 0.6) is 5.75 Å². The predicted molar refractivity (Wildman–Crippen MR) is 85.2 cm³/mol. The smallest absolute Gasteiger partial charge is 0.416 e. The molecule has 3 nitrogen and oxygen atoms in total. The second-order valence-electron chi connectivity index (χ2n) is 4.98. The molecule has 0 radical (unpaired) electrons. The van der Waals surface area contributed by atoms with Crippen LogP contribution in [0.4, 0.5) is 26.3 Å². The van der Waals surface area contributed by atoms with Gasteiger partial charge in [0.1, 0.15) is 5.75 Å². The van der Waals surface area contributed by atoms with E-state index < -0.39 is 35.6 Å². The number of benzene rings is 2. The third-order valence-electron chi connectivity index (χ3n) is 3.18. The van der Waals surface area contributed by atoms with E-state index in [1.54, 1.807) is 0 Å². The van der Waals surface area contributed by atoms with Crippen LogP contribution in [-0.4, -0.2) is 11.1 Å². The summed E-state index contributed by atoms with van der Waals surface area (Å²) in [7, 11) is 0. The number of halogens is 6. The van der Waals surface area contributed by atoms with Gasteiger partial charge in [0.25, 0.3) is 0 Å². The maximum absolute atomic E-state index is 12.7. The Labute approximate surface area is 151 Å². The van der Waals surface area contributed by atoms with Gasteiger partial charge in [-0.15, -0.1) is 0 Å². The van der Waals surface area contributed by atoms with Crippen molar-refractivity contribution in [1.82, 2.24) is 0 Å². The van der Waals surface area contributed by atoms with Crippen LogP contribution in [0, 0.1) is 0 Å². The van der Waals surface area contributed by atoms with Crippen molar-refractivity contribution in [2.45, 2.75) is 32.3 Å². The molecule has 1 atom stereocenters. The Morgan fingerprint density at radius 3 is 1.85 bits per heavy atom. The predicted octanol–water partition coefficient (Wildman–Crippen LogP) is 5.96. The SMILES string of the molecule is CC.O=C(O)C(Oc1ccc(C(F)(F)F)cc1)c1cccc(C(F)(F)F)c1. The van der Waals surface area contributed by atoms with E-state index in [0.29, 0.717) is 18.2 Å². The van der Waals surface area contributed by atoms with E-state index in [0.717, 1.165) is 30.3 Å². The number of rotatable bonds is 4. The molecule has 0 amide bonds. The van der Waals surface area contributed by atoms with E-state index in [2.05, 4.69) is 0 Å². The molecule has 0 fully saturated rings. The van der Waals surface area contributed by atoms with Gasteiger partial charge < -0.3 is 9.84 Å². The maximum Gasteiger partial charge on any atom is 0.416 e. The Morgan fingerprint density at radius 1 is 0.889 bits per heavy atom. The second kappa shape index (κ2) is 8.79. The molecule has 1 unspecified atom stereocenters. The van der Waals surface area contributed by atoms with E-state index in [9.17, 15) is 36.2 Å². The van der Waals surface area contributed by atoms with Gasteiger partial charge in [-0.2, -0.15) is 26.3 Å². The lowest BCUT2D eigenvalue weighted by Gasteiger charge is -2.17. The van der Waals surface area contributed by atoms with Crippen LogP contribution in [0.25, 0.3) is 0 Å². The summed E-state index contributed by atoms with van der Waals surface area (Å²) in [5.74, 6) is -1.81. The summed E-state index contributed by atoms with van der Waals surface area (Å²) in [6, 6.07) is 6.67. The molecular weight excluding hydrogens is 378 g/mol. The van der Waals surface area contributed by atoms with Gasteiger partial charge in [0.2, 0.25) is 6.10 Å². The Balaban J connectivity index is 0.00000176. The van der Waals surface area contributed by atoms with Gasteiger partial charge in [-0.25, -0.2) is 4.79 Å². The summed E-state index contributed by atoms with van der Waals surface area (Å²) < 4.78 is 80.7. The van der Waals surface area contributed by atoms with Crippen molar-refractivity contribution in [2.24, 2.45) is 0 Å². The van der Waals surface area contributed by atoms with Gasteiger partial charge in [0.05, 0.1) is 11.1 Å². The molecule has 0 aromatic heterocycles. The lowest BCUT2D eigenvalue weighted by atomic mass is 10.1. The van der Waals surface area contributed by atoms with Crippen molar-refractivity contribution in [1.29, 1.82) is 0 Å². The minimum absolute atomic E-state index is 0.224. The van der Waals surface area contributed by atoms with Gasteiger partial charge in [-0.1, -0.05) is 26.0 Å². The Kier molecular flexibility index (Phi) is 7.27. The van der Waals surface area contributed by atoms with Gasteiger partial charge >= 0.3 is 18.3 Å². The number of carbonyl (C=O) groups is 1. The third-order valence-corrected chi connectivity index (χ3v) is 3.18. The standard InChI is InChI=1S/C16H10F6O3.C2H6/c17-15(18,19)10-4-6-12(7-5-10)25-13(14(23)24)9-2-1-3-11(8-9)16(20,21)22;1-2/h1-8,13H,(H,23,24);1-2H3. The first-order valence-electron chi connectivity index (χ1n) is 7.72. The van der Waals surface area contributed by atoms with Crippen molar-refractivity contribution in [3.05, 3.63) is 65.2 Å². The summed E-state index contributed by atoms with van der Waals surface area (Å²) in [6.07, 6.45) is -11.1. The number of ether oxygens (including phenoxy) is 1. The molecule has 27 heavy (non-hydrogen) atoms. The molecule has 148 valence electrons. The lowest BCUT2D eigenvalue weighted by Crippen LogP contribution is -2.19. The van der Waals surface area contributed by atoms with Crippen LogP contribution < -0.4 is 4.74 Å². The highest BCUT2D eigenvalue weighted by atomic mass is 19.4. The molecule has 0 spiro atoms. The van der Waals surface area contributed by atoms with Crippen molar-refractivity contribution in [3.8, 4) is 5.75 Å². The monoisotopic (exact) mass is 394 g/mol. The van der Waals surface area contributed by atoms with E-state index in [1.807, 2.05) is 13.8 Å². The zero-order valence-electron chi connectivity index (χ0n) is 14.2. The fourth-order valence-electron chi connectivity index (χ4n) is 2.00. The van der Waals surface area contributed by atoms with Gasteiger partial charge in [-0.3, -0.25) is 0 Å². The third kappa shape index (κ3) is 6.19. The number of alkyl halides is 6. The molecule has 0 saturated carbocycles. The van der Waals surface area contributed by atoms with Crippen LogP contribution in [0.1, 0.15) is 36.6 Å². The van der Waals surface area contributed by atoms with Crippen LogP contribution >= 0.6 is 0 Å². The maximum atomic E-state index is 12.7. The average molecular weight is 394 g/mol. The number of hydrogen-bond acceptors (Lipinski definition) is 2. The summed E-state index contributed by atoms with van der Waals surface area (Å²) >= 11 is 0. The highest BCUT2D eigenvalue weighted by molar-refractivity contribution is 5.75. The van der Waals surface area contributed by atoms with Crippen molar-refractivity contribution in [3.63, 3.8) is 0 Å². The second-order valence-corrected chi connectivity index (χ2v) is 4.98. The van der Waals surface area contributed by atoms with Crippen LogP contribution in [0.3, 0.4) is 0 Å². The van der Waals surface area contributed by atoms with E-state index >= 15 is 0 Å². The van der Waals surface area contributed by atoms with Gasteiger partial charge in [0, 0.05) is 5.56 Å². The molecule has 9 heteroatoms. The fourth-order valence-corrected chi connectivity index (χ4v) is 2.00. The first kappa shape index (κ1) is 22.3. The zero-order valence-corrected chi connectivity index (χ0v) is 14.2. The summed E-state index contributed by atoms with van der Waals surface area (Å²) in [5, 5.41) is 9.18. The zero-order chi connectivity index (χ0) is 20.8. The van der Waals surface area contributed by atoms with Gasteiger partial charge in [0.15, 0.2) is 0 Å². The highest BCUT2D eigenvalue weighted by Gasteiger charge is 2.33. The average Bonchev–Trinajstić information content (AvgIpc) is 2.60. The summed E-state index contributed by atoms with van der Waals surface area (Å²) in [6.45, 7) is 4.00. The van der Waals surface area contributed by atoms with Crippen molar-refractivity contribution in [2.75, 3.05) is 0 Å². The first-order chi connectivity index (χ1) is 12.5. The molecule has 0 aliphatic rings. The Bertz CT molecular complexity index is 751. The number of hydrogen-bond donors (Lipinski definition) is 1. The molecule has 0 saturated heterocycles. The van der Waals surface area contributed by atoms with Crippen LogP contribution in [-0.2, 0) is 17.1 Å². The quantitative estimate of drug-likeness (QED) is 0.652. The fraction of sp³-hybridized carbons (Fsp3) is 0.278. The topological polar surface area (TPSA) is 46.5 Å². The Morgan fingerprint density at radius 2 is 1.41 bits per heavy atom. The van der Waals surface area contributed by atoms with E-state index in [1.165, 1.54) is 0 Å². The molecule has 1 N–H and O–H groups in total. The highest BCUT2D eigenvalue weighted by Crippen LogP contribution is 2.33. The normalized spacial score (nSPS) is 12.6. The van der Waals surface area contributed by atoms with Crippen molar-refractivity contribution < 1.29 is 41.0 Å². The Hall–Kier alpha value is -2.71. The lowest BCUT2D eigenvalue weighted by molar-refractivity contribution is -0.146. The van der Waals surface area contributed by atoms with Crippen LogP contribution in [0.2, 0.25) is 0 Å². The largest absolute Gasteiger partial charge is 0.478 e. The van der Waals surface area contributed by atoms with Gasteiger partial charge in [-0.05, 0) is 36.4 Å². The van der Waals surface area contributed by atoms with Crippen LogP contribution in [0.15, 0.2) is 48.5 Å². The van der Waals surface area contributed by atoms with E-state index in [4.69, 9.17) is 4.74 Å². The molecule has 2 aromatic carbocycles. The molecule has 2 aromatic rings. The summed E-state index contributed by atoms with van der Waals surface area (Å²) in [4.78, 5) is 11.3. The first-order valence-corrected chi connectivity index (χ1v) is 7.72. The molecule has 0 aliphatic carbocycles. The number of carboxylic acids is 1. The molecule has 0 bridgehead atoms.